The molecule has 8 heteroatoms. The van der Waals surface area contributed by atoms with E-state index in [1.165, 1.54) is 24.3 Å². The highest BCUT2D eigenvalue weighted by molar-refractivity contribution is 9.10. The van der Waals surface area contributed by atoms with E-state index >= 15 is 0 Å². The van der Waals surface area contributed by atoms with Crippen LogP contribution in [0.15, 0.2) is 45.3 Å². The topological polar surface area (TPSA) is 18.5 Å². The smallest absolute Gasteiger partial charge is 0.314 e. The summed E-state index contributed by atoms with van der Waals surface area (Å²) >= 11 is 6.03. The molecule has 0 saturated carbocycles. The molecule has 0 aliphatic rings. The van der Waals surface area contributed by atoms with Crippen LogP contribution in [-0.4, -0.2) is 19.1 Å². The van der Waals surface area contributed by atoms with Gasteiger partial charge in [-0.05, 0) is 56.1 Å². The first-order valence-electron chi connectivity index (χ1n) is 6.31. The van der Waals surface area contributed by atoms with E-state index in [0.717, 1.165) is 12.1 Å². The van der Waals surface area contributed by atoms with Crippen LogP contribution in [0.1, 0.15) is 0 Å². The van der Waals surface area contributed by atoms with Crippen molar-refractivity contribution in [2.75, 3.05) is 13.2 Å². The first-order chi connectivity index (χ1) is 10.8. The molecule has 124 valence electrons. The van der Waals surface area contributed by atoms with Gasteiger partial charge in [-0.15, -0.1) is 0 Å². The minimum absolute atomic E-state index is 0.214. The van der Waals surface area contributed by atoms with Crippen LogP contribution in [-0.2, 0) is 0 Å². The van der Waals surface area contributed by atoms with Crippen LogP contribution >= 0.6 is 31.9 Å². The van der Waals surface area contributed by atoms with Gasteiger partial charge in [-0.2, -0.15) is 8.78 Å². The van der Waals surface area contributed by atoms with Crippen molar-refractivity contribution >= 4 is 31.9 Å². The molecule has 2 rings (SSSR count). The highest BCUT2D eigenvalue weighted by atomic mass is 79.9. The van der Waals surface area contributed by atoms with Gasteiger partial charge in [0.15, 0.2) is 36.3 Å². The second-order valence-electron chi connectivity index (χ2n) is 4.53. The number of hydrogen-bond acceptors (Lipinski definition) is 2. The fourth-order valence-corrected chi connectivity index (χ4v) is 2.55. The van der Waals surface area contributed by atoms with E-state index < -0.39 is 30.8 Å². The van der Waals surface area contributed by atoms with Crippen LogP contribution in [0, 0.1) is 11.6 Å². The molecule has 0 fully saturated rings. The van der Waals surface area contributed by atoms with E-state index in [2.05, 4.69) is 31.9 Å². The van der Waals surface area contributed by atoms with Gasteiger partial charge >= 0.3 is 5.92 Å². The average Bonchev–Trinajstić information content (AvgIpc) is 2.46. The molecule has 0 aliphatic carbocycles. The van der Waals surface area contributed by atoms with E-state index in [1.807, 2.05) is 0 Å². The Morgan fingerprint density at radius 1 is 0.783 bits per heavy atom. The maximum atomic E-state index is 13.8. The van der Waals surface area contributed by atoms with Crippen LogP contribution in [0.5, 0.6) is 11.5 Å². The number of rotatable bonds is 6. The minimum atomic E-state index is -3.44. The number of ether oxygens (including phenoxy) is 2. The molecule has 0 heterocycles. The fourth-order valence-electron chi connectivity index (χ4n) is 1.64. The Balaban J connectivity index is 2.00. The summed E-state index contributed by atoms with van der Waals surface area (Å²) in [6.45, 7) is -2.22. The van der Waals surface area contributed by atoms with Crippen LogP contribution < -0.4 is 9.47 Å². The zero-order valence-electron chi connectivity index (χ0n) is 11.5. The summed E-state index contributed by atoms with van der Waals surface area (Å²) in [5.41, 5.74) is 0. The van der Waals surface area contributed by atoms with Gasteiger partial charge in [0, 0.05) is 0 Å². The summed E-state index contributed by atoms with van der Waals surface area (Å²) < 4.78 is 64.7. The summed E-state index contributed by atoms with van der Waals surface area (Å²) in [7, 11) is 0. The van der Waals surface area contributed by atoms with Crippen molar-refractivity contribution in [2.45, 2.75) is 5.92 Å². The first-order valence-corrected chi connectivity index (χ1v) is 7.90. The molecule has 2 aromatic carbocycles. The minimum Gasteiger partial charge on any atom is -0.483 e. The summed E-state index contributed by atoms with van der Waals surface area (Å²) in [5.74, 6) is -5.62. The zero-order valence-corrected chi connectivity index (χ0v) is 14.6. The normalized spacial score (nSPS) is 11.4. The Hall–Kier alpha value is -1.28. The lowest BCUT2D eigenvalue weighted by atomic mass is 10.3. The molecule has 2 nitrogen and oxygen atoms in total. The molecule has 0 bridgehead atoms. The molecule has 23 heavy (non-hydrogen) atoms. The molecule has 0 amide bonds. The third-order valence-electron chi connectivity index (χ3n) is 2.69. The summed E-state index contributed by atoms with van der Waals surface area (Å²) in [4.78, 5) is 0. The molecule has 0 atom stereocenters. The van der Waals surface area contributed by atoms with E-state index in [1.54, 1.807) is 0 Å². The predicted octanol–water partition coefficient (Wildman–Crippen LogP) is 5.58. The van der Waals surface area contributed by atoms with Gasteiger partial charge in [0.25, 0.3) is 0 Å². The number of alkyl halides is 2. The highest BCUT2D eigenvalue weighted by Crippen LogP contribution is 2.31. The van der Waals surface area contributed by atoms with Crippen molar-refractivity contribution in [2.24, 2.45) is 0 Å². The molecule has 0 N–H and O–H groups in total. The number of halogens is 6. The van der Waals surface area contributed by atoms with Crippen LogP contribution in [0.2, 0.25) is 0 Å². The second kappa shape index (κ2) is 7.53. The largest absolute Gasteiger partial charge is 0.483 e. The van der Waals surface area contributed by atoms with Gasteiger partial charge in [-0.1, -0.05) is 12.1 Å². The third-order valence-corrected chi connectivity index (χ3v) is 3.94. The highest BCUT2D eigenvalue weighted by Gasteiger charge is 2.33. The maximum absolute atomic E-state index is 13.8. The van der Waals surface area contributed by atoms with E-state index in [-0.39, 0.29) is 20.4 Å². The van der Waals surface area contributed by atoms with E-state index in [9.17, 15) is 17.6 Å². The van der Waals surface area contributed by atoms with E-state index in [0.29, 0.717) is 0 Å². The van der Waals surface area contributed by atoms with Crippen molar-refractivity contribution in [3.8, 4) is 11.5 Å². The maximum Gasteiger partial charge on any atom is 0.314 e. The first kappa shape index (κ1) is 18.1. The van der Waals surface area contributed by atoms with Gasteiger partial charge in [0.1, 0.15) is 0 Å². The molecule has 0 spiro atoms. The van der Waals surface area contributed by atoms with Crippen molar-refractivity contribution in [1.29, 1.82) is 0 Å². The molecule has 2 aromatic rings. The molecular formula is C15H10Br2F4O2. The van der Waals surface area contributed by atoms with Crippen LogP contribution in [0.25, 0.3) is 0 Å². The lowest BCUT2D eigenvalue weighted by Gasteiger charge is -2.19. The van der Waals surface area contributed by atoms with Crippen molar-refractivity contribution in [3.63, 3.8) is 0 Å². The molecule has 0 aromatic heterocycles. The van der Waals surface area contributed by atoms with Crippen molar-refractivity contribution in [1.82, 2.24) is 0 Å². The van der Waals surface area contributed by atoms with Gasteiger partial charge in [-0.3, -0.25) is 0 Å². The summed E-state index contributed by atoms with van der Waals surface area (Å²) in [5, 5.41) is 0. The Morgan fingerprint density at radius 3 is 1.52 bits per heavy atom. The molecule has 0 aliphatic heterocycles. The predicted molar refractivity (Wildman–Crippen MR) is 84.1 cm³/mol. The fraction of sp³-hybridized carbons (Fsp3) is 0.200. The van der Waals surface area contributed by atoms with Gasteiger partial charge in [0.2, 0.25) is 0 Å². The summed E-state index contributed by atoms with van der Waals surface area (Å²) in [6.07, 6.45) is 0. The lowest BCUT2D eigenvalue weighted by molar-refractivity contribution is -0.0743. The zero-order chi connectivity index (χ0) is 17.0. The monoisotopic (exact) mass is 456 g/mol. The third kappa shape index (κ3) is 4.84. The van der Waals surface area contributed by atoms with Gasteiger partial charge in [-0.25, -0.2) is 8.78 Å². The SMILES string of the molecule is Fc1cccc(Br)c1OCC(F)(F)COc1c(F)cccc1Br. The van der Waals surface area contributed by atoms with Crippen molar-refractivity contribution in [3.05, 3.63) is 57.0 Å². The Morgan fingerprint density at radius 2 is 1.17 bits per heavy atom. The molecule has 0 saturated heterocycles. The standard InChI is InChI=1S/C15H10Br2F4O2/c16-9-3-1-5-11(18)13(9)22-7-15(20,21)8-23-14-10(17)4-2-6-12(14)19/h1-6H,7-8H2. The van der Waals surface area contributed by atoms with Gasteiger partial charge in [0.05, 0.1) is 8.95 Å². The van der Waals surface area contributed by atoms with E-state index in [4.69, 9.17) is 9.47 Å². The quantitative estimate of drug-likeness (QED) is 0.527. The number of hydrogen-bond donors (Lipinski definition) is 0. The second-order valence-corrected chi connectivity index (χ2v) is 6.24. The Kier molecular flexibility index (Phi) is 5.91. The lowest BCUT2D eigenvalue weighted by Crippen LogP contribution is -2.33. The molecule has 0 radical (unpaired) electrons. The number of para-hydroxylation sites is 2. The average molecular weight is 458 g/mol. The van der Waals surface area contributed by atoms with Crippen LogP contribution in [0.4, 0.5) is 17.6 Å². The van der Waals surface area contributed by atoms with Crippen molar-refractivity contribution < 1.29 is 27.0 Å². The molecular weight excluding hydrogens is 448 g/mol. The Bertz CT molecular complexity index is 597. The molecule has 0 unspecified atom stereocenters. The van der Waals surface area contributed by atoms with Crippen LogP contribution in [0.3, 0.4) is 0 Å². The van der Waals surface area contributed by atoms with Gasteiger partial charge < -0.3 is 9.47 Å². The Labute approximate surface area is 146 Å². The summed E-state index contributed by atoms with van der Waals surface area (Å²) in [6, 6.07) is 7.91. The number of benzene rings is 2.